The fraction of sp³-hybridized carbons (Fsp3) is 0.417. The lowest BCUT2D eigenvalue weighted by Gasteiger charge is -2.40. The summed E-state index contributed by atoms with van der Waals surface area (Å²) < 4.78 is 22.4. The predicted octanol–water partition coefficient (Wildman–Crippen LogP) is 2.08. The molecule has 0 spiro atoms. The minimum absolute atomic E-state index is 0.138. The molecule has 2 aliphatic rings. The average molecular weight is 468 g/mol. The number of hydrogen-bond acceptors (Lipinski definition) is 5. The number of aromatic nitrogens is 2. The van der Waals surface area contributed by atoms with Crippen LogP contribution in [0.2, 0.25) is 0 Å². The zero-order chi connectivity index (χ0) is 22.6. The van der Waals surface area contributed by atoms with Crippen LogP contribution in [0.15, 0.2) is 59.9 Å². The number of imidazole rings is 1. The van der Waals surface area contributed by atoms with Gasteiger partial charge in [0.2, 0.25) is 0 Å². The van der Waals surface area contributed by atoms with E-state index < -0.39 is 11.0 Å². The van der Waals surface area contributed by atoms with E-state index in [0.29, 0.717) is 18.2 Å². The second-order valence-electron chi connectivity index (χ2n) is 8.49. The number of nitrogens with one attached hydrogen (secondary N) is 1. The monoisotopic (exact) mass is 467 g/mol. The number of rotatable bonds is 6. The van der Waals surface area contributed by atoms with Gasteiger partial charge in [-0.15, -0.1) is 0 Å². The summed E-state index contributed by atoms with van der Waals surface area (Å²) in [6.45, 7) is 5.63. The second kappa shape index (κ2) is 10.1. The summed E-state index contributed by atoms with van der Waals surface area (Å²) in [5, 5.41) is 2.95. The lowest BCUT2D eigenvalue weighted by atomic mass is 10.1. The normalized spacial score (nSPS) is 19.5. The van der Waals surface area contributed by atoms with Crippen molar-refractivity contribution in [3.05, 3.63) is 66.1 Å². The van der Waals surface area contributed by atoms with E-state index in [9.17, 15) is 9.00 Å². The van der Waals surface area contributed by atoms with Gasteiger partial charge >= 0.3 is 0 Å². The van der Waals surface area contributed by atoms with Gasteiger partial charge in [-0.25, -0.2) is 13.5 Å². The lowest BCUT2D eigenvalue weighted by Crippen LogP contribution is -2.51. The third-order valence-corrected chi connectivity index (χ3v) is 7.95. The van der Waals surface area contributed by atoms with Crippen LogP contribution < -0.4 is 5.32 Å². The van der Waals surface area contributed by atoms with Gasteiger partial charge < -0.3 is 14.5 Å². The van der Waals surface area contributed by atoms with Crippen molar-refractivity contribution < 1.29 is 13.7 Å². The Morgan fingerprint density at radius 2 is 1.82 bits per heavy atom. The van der Waals surface area contributed by atoms with Crippen molar-refractivity contribution in [3.63, 3.8) is 0 Å². The number of carbonyl (C=O) groups excluding carboxylic acids is 1. The van der Waals surface area contributed by atoms with Gasteiger partial charge in [0, 0.05) is 70.6 Å². The number of piperazine rings is 1. The molecule has 4 heterocycles. The highest BCUT2D eigenvalue weighted by atomic mass is 32.2. The van der Waals surface area contributed by atoms with Gasteiger partial charge in [0.1, 0.15) is 16.6 Å². The molecule has 8 nitrogen and oxygen atoms in total. The van der Waals surface area contributed by atoms with Crippen LogP contribution in [0.25, 0.3) is 5.65 Å². The lowest BCUT2D eigenvalue weighted by molar-refractivity contribution is 0.0234. The molecule has 2 aromatic heterocycles. The molecule has 2 saturated heterocycles. The van der Waals surface area contributed by atoms with Crippen molar-refractivity contribution in [2.75, 3.05) is 39.4 Å². The predicted molar refractivity (Wildman–Crippen MR) is 126 cm³/mol. The average Bonchev–Trinajstić information content (AvgIpc) is 3.36. The van der Waals surface area contributed by atoms with E-state index in [1.165, 1.54) is 0 Å². The molecule has 9 heteroatoms. The molecule has 1 atom stereocenters. The molecule has 5 rings (SSSR count). The van der Waals surface area contributed by atoms with E-state index >= 15 is 0 Å². The van der Waals surface area contributed by atoms with Crippen LogP contribution in [0.3, 0.4) is 0 Å². The van der Waals surface area contributed by atoms with Gasteiger partial charge in [-0.05, 0) is 42.7 Å². The SMILES string of the molecule is O=C(NCc1ccc(S(=O)N2CCN(C3CCOCC3)CC2)cc1)c1ccc2nccn2c1. The molecule has 174 valence electrons. The van der Waals surface area contributed by atoms with E-state index in [1.807, 2.05) is 40.9 Å². The molecule has 3 aromatic rings. The van der Waals surface area contributed by atoms with Crippen LogP contribution in [-0.2, 0) is 22.3 Å². The third kappa shape index (κ3) is 5.16. The van der Waals surface area contributed by atoms with Crippen molar-refractivity contribution in [2.24, 2.45) is 0 Å². The number of fused-ring (bicyclic) bond motifs is 1. The largest absolute Gasteiger partial charge is 0.381 e. The number of nitrogens with zero attached hydrogens (tertiary/aromatic N) is 4. The molecule has 0 aliphatic carbocycles. The van der Waals surface area contributed by atoms with Crippen LogP contribution in [0.1, 0.15) is 28.8 Å². The van der Waals surface area contributed by atoms with Crippen molar-refractivity contribution in [1.29, 1.82) is 0 Å². The highest BCUT2D eigenvalue weighted by Crippen LogP contribution is 2.19. The fourth-order valence-electron chi connectivity index (χ4n) is 4.50. The smallest absolute Gasteiger partial charge is 0.253 e. The zero-order valence-corrected chi connectivity index (χ0v) is 19.4. The molecule has 2 aliphatic heterocycles. The number of carbonyl (C=O) groups is 1. The Kier molecular flexibility index (Phi) is 6.82. The molecule has 33 heavy (non-hydrogen) atoms. The van der Waals surface area contributed by atoms with Gasteiger partial charge in [-0.3, -0.25) is 9.69 Å². The first kappa shape index (κ1) is 22.2. The molecule has 1 unspecified atom stereocenters. The van der Waals surface area contributed by atoms with Crippen LogP contribution in [0, 0.1) is 0 Å². The number of amides is 1. The molecule has 2 fully saturated rings. The fourth-order valence-corrected chi connectivity index (χ4v) is 5.66. The summed E-state index contributed by atoms with van der Waals surface area (Å²) in [5.74, 6) is -0.138. The number of ether oxygens (including phenoxy) is 1. The van der Waals surface area contributed by atoms with Gasteiger partial charge in [-0.1, -0.05) is 12.1 Å². The Morgan fingerprint density at radius 1 is 1.06 bits per heavy atom. The molecule has 0 saturated carbocycles. The van der Waals surface area contributed by atoms with Crippen molar-refractivity contribution >= 4 is 22.5 Å². The van der Waals surface area contributed by atoms with Crippen molar-refractivity contribution in [2.45, 2.75) is 30.3 Å². The zero-order valence-electron chi connectivity index (χ0n) is 18.6. The summed E-state index contributed by atoms with van der Waals surface area (Å²) >= 11 is 0. The van der Waals surface area contributed by atoms with Gasteiger partial charge in [-0.2, -0.15) is 0 Å². The Hall–Kier alpha value is -2.59. The second-order valence-corrected chi connectivity index (χ2v) is 9.98. The minimum atomic E-state index is -1.16. The Labute approximate surface area is 196 Å². The first-order chi connectivity index (χ1) is 16.2. The number of benzene rings is 1. The summed E-state index contributed by atoms with van der Waals surface area (Å²) in [6, 6.07) is 11.9. The quantitative estimate of drug-likeness (QED) is 0.601. The maximum absolute atomic E-state index is 13.1. The minimum Gasteiger partial charge on any atom is -0.381 e. The van der Waals surface area contributed by atoms with Gasteiger partial charge in [0.15, 0.2) is 0 Å². The van der Waals surface area contributed by atoms with Crippen molar-refractivity contribution in [3.8, 4) is 0 Å². The van der Waals surface area contributed by atoms with E-state index in [0.717, 1.165) is 68.3 Å². The summed E-state index contributed by atoms with van der Waals surface area (Å²) in [6.07, 6.45) is 7.48. The van der Waals surface area contributed by atoms with Crippen LogP contribution >= 0.6 is 0 Å². The van der Waals surface area contributed by atoms with Crippen LogP contribution in [0.4, 0.5) is 0 Å². The Bertz CT molecular complexity index is 1120. The molecule has 1 amide bonds. The molecule has 1 aromatic carbocycles. The number of pyridine rings is 1. The van der Waals surface area contributed by atoms with E-state index in [-0.39, 0.29) is 5.91 Å². The molecular weight excluding hydrogens is 438 g/mol. The van der Waals surface area contributed by atoms with Crippen LogP contribution in [0.5, 0.6) is 0 Å². The number of hydrogen-bond donors (Lipinski definition) is 1. The van der Waals surface area contributed by atoms with Gasteiger partial charge in [0.05, 0.1) is 10.5 Å². The highest BCUT2D eigenvalue weighted by molar-refractivity contribution is 7.82. The van der Waals surface area contributed by atoms with E-state index in [4.69, 9.17) is 4.74 Å². The maximum atomic E-state index is 13.1. The topological polar surface area (TPSA) is 79.2 Å². The van der Waals surface area contributed by atoms with E-state index in [2.05, 4.69) is 19.5 Å². The molecular formula is C24H29N5O3S. The van der Waals surface area contributed by atoms with E-state index in [1.54, 1.807) is 18.5 Å². The first-order valence-corrected chi connectivity index (χ1v) is 12.6. The third-order valence-electron chi connectivity index (χ3n) is 6.44. The summed E-state index contributed by atoms with van der Waals surface area (Å²) in [7, 11) is -1.16. The first-order valence-electron chi connectivity index (χ1n) is 11.5. The maximum Gasteiger partial charge on any atom is 0.253 e. The van der Waals surface area contributed by atoms with Gasteiger partial charge in [0.25, 0.3) is 5.91 Å². The molecule has 1 N–H and O–H groups in total. The molecule has 0 radical (unpaired) electrons. The Balaban J connectivity index is 1.12. The standard InChI is InChI=1S/C24H29N5O3S/c30-24(20-3-6-23-25-9-10-28(23)18-20)26-17-19-1-4-22(5-2-19)33(31)29-13-11-27(12-14-29)21-7-15-32-16-8-21/h1-6,9-10,18,21H,7-8,11-17H2,(H,26,30). The summed E-state index contributed by atoms with van der Waals surface area (Å²) in [5.41, 5.74) is 2.36. The summed E-state index contributed by atoms with van der Waals surface area (Å²) in [4.78, 5) is 20.0. The van der Waals surface area contributed by atoms with Crippen molar-refractivity contribution in [1.82, 2.24) is 23.9 Å². The van der Waals surface area contributed by atoms with Crippen LogP contribution in [-0.4, -0.2) is 74.1 Å². The highest BCUT2D eigenvalue weighted by Gasteiger charge is 2.27. The molecule has 0 bridgehead atoms. The Morgan fingerprint density at radius 3 is 2.58 bits per heavy atom.